The van der Waals surface area contributed by atoms with E-state index in [0.29, 0.717) is 32.5 Å². The van der Waals surface area contributed by atoms with Crippen LogP contribution in [0.3, 0.4) is 0 Å². The molecule has 2 aromatic carbocycles. The van der Waals surface area contributed by atoms with Crippen LogP contribution < -0.4 is 9.64 Å². The van der Waals surface area contributed by atoms with Crippen LogP contribution in [0.25, 0.3) is 0 Å². The van der Waals surface area contributed by atoms with Crippen molar-refractivity contribution >= 4 is 23.6 Å². The van der Waals surface area contributed by atoms with Gasteiger partial charge in [0.1, 0.15) is 11.6 Å². The van der Waals surface area contributed by atoms with Crippen LogP contribution in [0.4, 0.5) is 15.8 Å². The summed E-state index contributed by atoms with van der Waals surface area (Å²) in [5.74, 6) is -0.413. The smallest absolute Gasteiger partial charge is 0.270 e. The zero-order valence-electron chi connectivity index (χ0n) is 14.9. The number of rotatable bonds is 6. The third-order valence-corrected chi connectivity index (χ3v) is 4.51. The van der Waals surface area contributed by atoms with Gasteiger partial charge >= 0.3 is 0 Å². The summed E-state index contributed by atoms with van der Waals surface area (Å²) in [6.45, 7) is 1.92. The highest BCUT2D eigenvalue weighted by molar-refractivity contribution is 5.82. The minimum Gasteiger partial charge on any atom is -0.483 e. The van der Waals surface area contributed by atoms with Crippen molar-refractivity contribution in [1.82, 2.24) is 4.90 Å². The van der Waals surface area contributed by atoms with E-state index in [9.17, 15) is 24.1 Å². The zero-order chi connectivity index (χ0) is 20.1. The number of halogens is 1. The van der Waals surface area contributed by atoms with Crippen LogP contribution in [0.1, 0.15) is 10.4 Å². The summed E-state index contributed by atoms with van der Waals surface area (Å²) in [5.41, 5.74) is 0.687. The quantitative estimate of drug-likeness (QED) is 0.429. The highest BCUT2D eigenvalue weighted by atomic mass is 19.1. The molecule has 2 aromatic rings. The Hall–Kier alpha value is -3.49. The van der Waals surface area contributed by atoms with E-state index in [1.165, 1.54) is 24.3 Å². The molecule has 0 radical (unpaired) electrons. The van der Waals surface area contributed by atoms with Crippen LogP contribution in [0.15, 0.2) is 42.5 Å². The van der Waals surface area contributed by atoms with Crippen molar-refractivity contribution in [3.8, 4) is 5.75 Å². The van der Waals surface area contributed by atoms with Gasteiger partial charge in [-0.05, 0) is 30.3 Å². The van der Waals surface area contributed by atoms with Gasteiger partial charge in [0, 0.05) is 44.0 Å². The van der Waals surface area contributed by atoms with Crippen molar-refractivity contribution < 1.29 is 23.6 Å². The molecule has 146 valence electrons. The van der Waals surface area contributed by atoms with Crippen LogP contribution in [0.2, 0.25) is 0 Å². The Morgan fingerprint density at radius 2 is 1.82 bits per heavy atom. The standard InChI is InChI=1S/C19H18FN3O5/c20-15-1-3-16(4-2-15)21-7-9-22(10-8-21)19(25)13-28-18-6-5-17(23(26)27)11-14(18)12-24/h1-6,11-12H,7-10,13H2. The van der Waals surface area contributed by atoms with Crippen molar-refractivity contribution in [2.45, 2.75) is 0 Å². The molecular formula is C19H18FN3O5. The van der Waals surface area contributed by atoms with E-state index in [-0.39, 0.29) is 35.3 Å². The van der Waals surface area contributed by atoms with Crippen LogP contribution in [0.5, 0.6) is 5.75 Å². The molecule has 1 aliphatic rings. The molecule has 0 bridgehead atoms. The number of hydrogen-bond acceptors (Lipinski definition) is 6. The van der Waals surface area contributed by atoms with Crippen molar-refractivity contribution in [2.24, 2.45) is 0 Å². The molecule has 1 heterocycles. The molecule has 28 heavy (non-hydrogen) atoms. The molecule has 0 spiro atoms. The highest BCUT2D eigenvalue weighted by Crippen LogP contribution is 2.23. The van der Waals surface area contributed by atoms with Gasteiger partial charge in [0.25, 0.3) is 11.6 Å². The first-order valence-corrected chi connectivity index (χ1v) is 8.62. The fourth-order valence-corrected chi connectivity index (χ4v) is 2.97. The number of anilines is 1. The number of nitrogens with zero attached hydrogens (tertiary/aromatic N) is 3. The molecule has 1 aliphatic heterocycles. The minimum atomic E-state index is -0.609. The van der Waals surface area contributed by atoms with Gasteiger partial charge < -0.3 is 14.5 Å². The van der Waals surface area contributed by atoms with Gasteiger partial charge in [-0.15, -0.1) is 0 Å². The first-order chi connectivity index (χ1) is 13.5. The highest BCUT2D eigenvalue weighted by Gasteiger charge is 2.22. The zero-order valence-corrected chi connectivity index (χ0v) is 14.9. The van der Waals surface area contributed by atoms with E-state index in [0.717, 1.165) is 11.8 Å². The van der Waals surface area contributed by atoms with Crippen LogP contribution in [-0.4, -0.2) is 54.8 Å². The number of piperazine rings is 1. The Bertz CT molecular complexity index is 880. The topological polar surface area (TPSA) is 93.0 Å². The van der Waals surface area contributed by atoms with E-state index in [4.69, 9.17) is 4.74 Å². The average molecular weight is 387 g/mol. The normalized spacial score (nSPS) is 13.9. The summed E-state index contributed by atoms with van der Waals surface area (Å²) in [4.78, 5) is 37.3. The molecular weight excluding hydrogens is 369 g/mol. The lowest BCUT2D eigenvalue weighted by molar-refractivity contribution is -0.384. The molecule has 8 nitrogen and oxygen atoms in total. The fourth-order valence-electron chi connectivity index (χ4n) is 2.97. The summed E-state index contributed by atoms with van der Waals surface area (Å²) in [5, 5.41) is 10.8. The van der Waals surface area contributed by atoms with Crippen molar-refractivity contribution in [3.05, 3.63) is 64.0 Å². The number of hydrogen-bond donors (Lipinski definition) is 0. The Morgan fingerprint density at radius 1 is 1.14 bits per heavy atom. The lowest BCUT2D eigenvalue weighted by Crippen LogP contribution is -2.50. The number of ether oxygens (including phenoxy) is 1. The summed E-state index contributed by atoms with van der Waals surface area (Å²) in [7, 11) is 0. The number of carbonyl (C=O) groups excluding carboxylic acids is 2. The number of nitro groups is 1. The summed E-state index contributed by atoms with van der Waals surface area (Å²) in [6.07, 6.45) is 0.453. The molecule has 0 atom stereocenters. The average Bonchev–Trinajstić information content (AvgIpc) is 2.72. The van der Waals surface area contributed by atoms with Gasteiger partial charge in [0.05, 0.1) is 10.5 Å². The molecule has 0 saturated carbocycles. The Balaban J connectivity index is 1.54. The molecule has 0 aliphatic carbocycles. The molecule has 1 fully saturated rings. The third kappa shape index (κ3) is 4.43. The lowest BCUT2D eigenvalue weighted by Gasteiger charge is -2.36. The molecule has 0 aromatic heterocycles. The second kappa shape index (κ2) is 8.47. The van der Waals surface area contributed by atoms with E-state index < -0.39 is 4.92 Å². The molecule has 1 saturated heterocycles. The monoisotopic (exact) mass is 387 g/mol. The van der Waals surface area contributed by atoms with Crippen LogP contribution in [0, 0.1) is 15.9 Å². The van der Waals surface area contributed by atoms with Gasteiger partial charge in [-0.2, -0.15) is 0 Å². The van der Waals surface area contributed by atoms with E-state index in [1.54, 1.807) is 17.0 Å². The first kappa shape index (κ1) is 19.3. The largest absolute Gasteiger partial charge is 0.483 e. The maximum atomic E-state index is 13.0. The first-order valence-electron chi connectivity index (χ1n) is 8.62. The van der Waals surface area contributed by atoms with Gasteiger partial charge in [-0.1, -0.05) is 0 Å². The molecule has 0 N–H and O–H groups in total. The predicted octanol–water partition coefficient (Wildman–Crippen LogP) is 2.27. The molecule has 0 unspecified atom stereocenters. The number of amides is 1. The Labute approximate surface area is 160 Å². The van der Waals surface area contributed by atoms with Gasteiger partial charge in [0.15, 0.2) is 12.9 Å². The number of aldehydes is 1. The second-order valence-electron chi connectivity index (χ2n) is 6.23. The van der Waals surface area contributed by atoms with Gasteiger partial charge in [-0.25, -0.2) is 4.39 Å². The van der Waals surface area contributed by atoms with E-state index >= 15 is 0 Å². The Morgan fingerprint density at radius 3 is 2.43 bits per heavy atom. The number of benzene rings is 2. The molecule has 3 rings (SSSR count). The number of non-ortho nitro benzene ring substituents is 1. The summed E-state index contributed by atoms with van der Waals surface area (Å²) >= 11 is 0. The van der Waals surface area contributed by atoms with Gasteiger partial charge in [0.2, 0.25) is 0 Å². The van der Waals surface area contributed by atoms with Gasteiger partial charge in [-0.3, -0.25) is 19.7 Å². The number of carbonyl (C=O) groups is 2. The van der Waals surface area contributed by atoms with Crippen molar-refractivity contribution in [1.29, 1.82) is 0 Å². The second-order valence-corrected chi connectivity index (χ2v) is 6.23. The number of nitro benzene ring substituents is 1. The lowest BCUT2D eigenvalue weighted by atomic mass is 10.2. The van der Waals surface area contributed by atoms with Crippen LogP contribution in [-0.2, 0) is 4.79 Å². The minimum absolute atomic E-state index is 0.0168. The Kier molecular flexibility index (Phi) is 5.83. The summed E-state index contributed by atoms with van der Waals surface area (Å²) in [6, 6.07) is 9.83. The van der Waals surface area contributed by atoms with E-state index in [1.807, 2.05) is 0 Å². The summed E-state index contributed by atoms with van der Waals surface area (Å²) < 4.78 is 18.4. The predicted molar refractivity (Wildman–Crippen MR) is 99.2 cm³/mol. The maximum Gasteiger partial charge on any atom is 0.270 e. The van der Waals surface area contributed by atoms with Crippen molar-refractivity contribution in [3.63, 3.8) is 0 Å². The maximum absolute atomic E-state index is 13.0. The SMILES string of the molecule is O=Cc1cc([N+](=O)[O-])ccc1OCC(=O)N1CCN(c2ccc(F)cc2)CC1. The molecule has 9 heteroatoms. The third-order valence-electron chi connectivity index (χ3n) is 4.51. The fraction of sp³-hybridized carbons (Fsp3) is 0.263. The van der Waals surface area contributed by atoms with Crippen molar-refractivity contribution in [2.75, 3.05) is 37.7 Å². The molecule has 1 amide bonds. The van der Waals surface area contributed by atoms with Crippen LogP contribution >= 0.6 is 0 Å². The van der Waals surface area contributed by atoms with E-state index in [2.05, 4.69) is 4.90 Å².